The summed E-state index contributed by atoms with van der Waals surface area (Å²) in [4.78, 5) is 0. The van der Waals surface area contributed by atoms with Crippen LogP contribution in [0.15, 0.2) is 18.2 Å². The van der Waals surface area contributed by atoms with Gasteiger partial charge in [-0.25, -0.2) is 0 Å². The molecule has 0 aromatic heterocycles. The molecule has 76 valence electrons. The standard InChI is InChI=1S/C11H14O3/c1-2-13-9-3-4-11-8(5-9)6-10(7-12)14-11/h3-5,10,12H,2,6-7H2,1H3. The monoisotopic (exact) mass is 194 g/mol. The average Bonchev–Trinajstić information content (AvgIpc) is 2.60. The third-order valence-electron chi connectivity index (χ3n) is 2.29. The Morgan fingerprint density at radius 2 is 2.43 bits per heavy atom. The maximum atomic E-state index is 8.95. The second-order valence-electron chi connectivity index (χ2n) is 3.33. The third-order valence-corrected chi connectivity index (χ3v) is 2.29. The highest BCUT2D eigenvalue weighted by molar-refractivity contribution is 5.43. The highest BCUT2D eigenvalue weighted by atomic mass is 16.5. The maximum absolute atomic E-state index is 8.95. The lowest BCUT2D eigenvalue weighted by molar-refractivity contribution is 0.134. The van der Waals surface area contributed by atoms with Gasteiger partial charge in [-0.05, 0) is 25.1 Å². The first-order valence-corrected chi connectivity index (χ1v) is 4.86. The molecule has 1 aromatic rings. The van der Waals surface area contributed by atoms with Crippen LogP contribution in [0.4, 0.5) is 0 Å². The van der Waals surface area contributed by atoms with Gasteiger partial charge in [0.05, 0.1) is 13.2 Å². The van der Waals surface area contributed by atoms with Crippen molar-refractivity contribution in [1.29, 1.82) is 0 Å². The first kappa shape index (κ1) is 9.34. The largest absolute Gasteiger partial charge is 0.494 e. The number of ether oxygens (including phenoxy) is 2. The highest BCUT2D eigenvalue weighted by Crippen LogP contribution is 2.31. The Kier molecular flexibility index (Phi) is 2.59. The van der Waals surface area contributed by atoms with E-state index >= 15 is 0 Å². The second kappa shape index (κ2) is 3.88. The van der Waals surface area contributed by atoms with Crippen LogP contribution in [0, 0.1) is 0 Å². The number of benzene rings is 1. The Morgan fingerprint density at radius 3 is 3.14 bits per heavy atom. The van der Waals surface area contributed by atoms with Crippen LogP contribution in [-0.2, 0) is 6.42 Å². The van der Waals surface area contributed by atoms with Gasteiger partial charge in [-0.1, -0.05) is 0 Å². The second-order valence-corrected chi connectivity index (χ2v) is 3.33. The molecule has 1 atom stereocenters. The Labute approximate surface area is 83.3 Å². The lowest BCUT2D eigenvalue weighted by Gasteiger charge is -2.05. The molecule has 0 saturated heterocycles. The van der Waals surface area contributed by atoms with E-state index in [-0.39, 0.29) is 12.7 Å². The molecule has 1 aliphatic rings. The normalized spacial score (nSPS) is 18.9. The summed E-state index contributed by atoms with van der Waals surface area (Å²) in [5, 5.41) is 8.95. The third kappa shape index (κ3) is 1.68. The summed E-state index contributed by atoms with van der Waals surface area (Å²) in [6.07, 6.45) is 0.689. The predicted octanol–water partition coefficient (Wildman–Crippen LogP) is 1.38. The minimum atomic E-state index is -0.0816. The fourth-order valence-corrected chi connectivity index (χ4v) is 1.66. The van der Waals surface area contributed by atoms with Crippen LogP contribution < -0.4 is 9.47 Å². The minimum Gasteiger partial charge on any atom is -0.494 e. The zero-order valence-electron chi connectivity index (χ0n) is 8.19. The Balaban J connectivity index is 2.17. The molecule has 2 rings (SSSR count). The fourth-order valence-electron chi connectivity index (χ4n) is 1.66. The van der Waals surface area contributed by atoms with Gasteiger partial charge >= 0.3 is 0 Å². The summed E-state index contributed by atoms with van der Waals surface area (Å²) in [6.45, 7) is 2.70. The fraction of sp³-hybridized carbons (Fsp3) is 0.455. The van der Waals surface area contributed by atoms with Gasteiger partial charge in [0.15, 0.2) is 0 Å². The number of aliphatic hydroxyl groups is 1. The lowest BCUT2D eigenvalue weighted by Crippen LogP contribution is -2.17. The van der Waals surface area contributed by atoms with Crippen molar-refractivity contribution in [3.63, 3.8) is 0 Å². The van der Waals surface area contributed by atoms with Crippen molar-refractivity contribution in [2.45, 2.75) is 19.4 Å². The van der Waals surface area contributed by atoms with E-state index in [4.69, 9.17) is 14.6 Å². The number of aliphatic hydroxyl groups excluding tert-OH is 1. The Bertz CT molecular complexity index is 322. The average molecular weight is 194 g/mol. The molecular formula is C11H14O3. The van der Waals surface area contributed by atoms with Crippen molar-refractivity contribution >= 4 is 0 Å². The van der Waals surface area contributed by atoms with Crippen molar-refractivity contribution in [2.75, 3.05) is 13.2 Å². The van der Waals surface area contributed by atoms with E-state index in [2.05, 4.69) is 0 Å². The van der Waals surface area contributed by atoms with Gasteiger partial charge in [0.25, 0.3) is 0 Å². The summed E-state index contributed by atoms with van der Waals surface area (Å²) < 4.78 is 10.9. The zero-order chi connectivity index (χ0) is 9.97. The van der Waals surface area contributed by atoms with E-state index in [9.17, 15) is 0 Å². The summed E-state index contributed by atoms with van der Waals surface area (Å²) in [5.41, 5.74) is 1.12. The van der Waals surface area contributed by atoms with Crippen LogP contribution >= 0.6 is 0 Å². The van der Waals surface area contributed by atoms with Gasteiger partial charge in [-0.2, -0.15) is 0 Å². The first-order valence-electron chi connectivity index (χ1n) is 4.86. The molecule has 1 aromatic carbocycles. The summed E-state index contributed by atoms with van der Waals surface area (Å²) in [5.74, 6) is 1.74. The van der Waals surface area contributed by atoms with Gasteiger partial charge in [-0.15, -0.1) is 0 Å². The molecule has 0 spiro atoms. The minimum absolute atomic E-state index is 0.0681. The molecule has 1 N–H and O–H groups in total. The van der Waals surface area contributed by atoms with Crippen LogP contribution in [0.25, 0.3) is 0 Å². The molecule has 0 amide bonds. The highest BCUT2D eigenvalue weighted by Gasteiger charge is 2.22. The summed E-state index contributed by atoms with van der Waals surface area (Å²) in [6, 6.07) is 5.77. The summed E-state index contributed by atoms with van der Waals surface area (Å²) >= 11 is 0. The molecule has 14 heavy (non-hydrogen) atoms. The molecule has 0 fully saturated rings. The molecule has 0 radical (unpaired) electrons. The van der Waals surface area contributed by atoms with E-state index in [1.165, 1.54) is 0 Å². The van der Waals surface area contributed by atoms with Crippen LogP contribution in [0.3, 0.4) is 0 Å². The van der Waals surface area contributed by atoms with Crippen molar-refractivity contribution < 1.29 is 14.6 Å². The van der Waals surface area contributed by atoms with Gasteiger partial charge in [0.1, 0.15) is 17.6 Å². The summed E-state index contributed by atoms with van der Waals surface area (Å²) in [7, 11) is 0. The predicted molar refractivity (Wildman–Crippen MR) is 52.8 cm³/mol. The van der Waals surface area contributed by atoms with E-state index in [0.29, 0.717) is 6.61 Å². The smallest absolute Gasteiger partial charge is 0.126 e. The quantitative estimate of drug-likeness (QED) is 0.790. The molecule has 3 heteroatoms. The topological polar surface area (TPSA) is 38.7 Å². The van der Waals surface area contributed by atoms with Crippen LogP contribution in [0.1, 0.15) is 12.5 Å². The molecule has 0 saturated carbocycles. The van der Waals surface area contributed by atoms with Gasteiger partial charge in [0, 0.05) is 12.0 Å². The molecule has 0 bridgehead atoms. The SMILES string of the molecule is CCOc1ccc2c(c1)CC(CO)O2. The molecular weight excluding hydrogens is 180 g/mol. The lowest BCUT2D eigenvalue weighted by atomic mass is 10.1. The molecule has 1 unspecified atom stereocenters. The van der Waals surface area contributed by atoms with Gasteiger partial charge in [0.2, 0.25) is 0 Å². The number of fused-ring (bicyclic) bond motifs is 1. The van der Waals surface area contributed by atoms with Gasteiger partial charge in [-0.3, -0.25) is 0 Å². The van der Waals surface area contributed by atoms with Crippen molar-refractivity contribution in [3.8, 4) is 11.5 Å². The van der Waals surface area contributed by atoms with Crippen LogP contribution in [0.5, 0.6) is 11.5 Å². The number of hydrogen-bond donors (Lipinski definition) is 1. The molecule has 3 nitrogen and oxygen atoms in total. The van der Waals surface area contributed by atoms with E-state index < -0.39 is 0 Å². The van der Waals surface area contributed by atoms with Crippen LogP contribution in [-0.4, -0.2) is 24.4 Å². The molecule has 1 aliphatic heterocycles. The zero-order valence-corrected chi connectivity index (χ0v) is 8.19. The number of hydrogen-bond acceptors (Lipinski definition) is 3. The van der Waals surface area contributed by atoms with E-state index in [1.807, 2.05) is 25.1 Å². The Hall–Kier alpha value is -1.22. The van der Waals surface area contributed by atoms with Crippen LogP contribution in [0.2, 0.25) is 0 Å². The molecule has 1 heterocycles. The van der Waals surface area contributed by atoms with Gasteiger partial charge < -0.3 is 14.6 Å². The first-order chi connectivity index (χ1) is 6.83. The molecule has 0 aliphatic carbocycles. The van der Waals surface area contributed by atoms with E-state index in [0.717, 1.165) is 23.5 Å². The van der Waals surface area contributed by atoms with Crippen molar-refractivity contribution in [2.24, 2.45) is 0 Å². The van der Waals surface area contributed by atoms with E-state index in [1.54, 1.807) is 0 Å². The Morgan fingerprint density at radius 1 is 1.57 bits per heavy atom. The maximum Gasteiger partial charge on any atom is 0.126 e. The van der Waals surface area contributed by atoms with Crippen molar-refractivity contribution in [3.05, 3.63) is 23.8 Å². The number of rotatable bonds is 3. The van der Waals surface area contributed by atoms with Crippen molar-refractivity contribution in [1.82, 2.24) is 0 Å².